The molecule has 0 saturated carbocycles. The van der Waals surface area contributed by atoms with Gasteiger partial charge in [-0.3, -0.25) is 4.79 Å². The molecule has 0 unspecified atom stereocenters. The molecule has 3 rings (SSSR count). The fourth-order valence-electron chi connectivity index (χ4n) is 2.73. The van der Waals surface area contributed by atoms with Gasteiger partial charge in [-0.2, -0.15) is 0 Å². The van der Waals surface area contributed by atoms with E-state index in [9.17, 15) is 9.59 Å². The van der Waals surface area contributed by atoms with Crippen LogP contribution in [0.4, 0.5) is 5.69 Å². The van der Waals surface area contributed by atoms with E-state index in [0.29, 0.717) is 5.88 Å². The van der Waals surface area contributed by atoms with Gasteiger partial charge in [0.25, 0.3) is 0 Å². The van der Waals surface area contributed by atoms with Crippen LogP contribution in [0, 0.1) is 0 Å². The van der Waals surface area contributed by atoms with E-state index in [1.165, 1.54) is 13.0 Å². The van der Waals surface area contributed by atoms with Gasteiger partial charge < -0.3 is 14.4 Å². The van der Waals surface area contributed by atoms with Gasteiger partial charge in [0.2, 0.25) is 0 Å². The number of carbonyl (C=O) groups excluding carboxylic acids is 2. The van der Waals surface area contributed by atoms with E-state index in [4.69, 9.17) is 9.47 Å². The molecular weight excluding hydrogens is 354 g/mol. The first kappa shape index (κ1) is 19.2. The lowest BCUT2D eigenvalue weighted by atomic mass is 10.1. The van der Waals surface area contributed by atoms with Gasteiger partial charge in [-0.15, -0.1) is 0 Å². The van der Waals surface area contributed by atoms with Gasteiger partial charge in [-0.1, -0.05) is 49.1 Å². The van der Waals surface area contributed by atoms with Crippen LogP contribution in [0.25, 0.3) is 6.08 Å². The first-order chi connectivity index (χ1) is 13.5. The number of carbonyl (C=O) groups is 2. The zero-order valence-electron chi connectivity index (χ0n) is 15.8. The Labute approximate surface area is 164 Å². The van der Waals surface area contributed by atoms with Crippen molar-refractivity contribution >= 4 is 23.5 Å². The highest BCUT2D eigenvalue weighted by Gasteiger charge is 2.22. The second kappa shape index (κ2) is 8.39. The maximum Gasteiger partial charge on any atom is 0.342 e. The van der Waals surface area contributed by atoms with Gasteiger partial charge in [0.05, 0.1) is 5.69 Å². The molecule has 0 fully saturated rings. The number of ketones is 1. The third-order valence-corrected chi connectivity index (χ3v) is 4.35. The molecule has 2 aromatic rings. The Morgan fingerprint density at radius 3 is 2.50 bits per heavy atom. The summed E-state index contributed by atoms with van der Waals surface area (Å²) < 4.78 is 11.0. The molecule has 0 N–H and O–H groups in total. The first-order valence-corrected chi connectivity index (χ1v) is 8.81. The van der Waals surface area contributed by atoms with E-state index in [0.717, 1.165) is 22.6 Å². The Bertz CT molecular complexity index is 970. The van der Waals surface area contributed by atoms with Crippen molar-refractivity contribution < 1.29 is 19.1 Å². The SMILES string of the molecule is C=Cc1ccc(COC(=O)/C(=C/C=C2\Oc3ccccc3N2C)C(C)=O)cc1. The number of para-hydroxylation sites is 2. The summed E-state index contributed by atoms with van der Waals surface area (Å²) in [5.74, 6) is 0.199. The second-order valence-corrected chi connectivity index (χ2v) is 6.29. The lowest BCUT2D eigenvalue weighted by molar-refractivity contribution is -0.141. The highest BCUT2D eigenvalue weighted by molar-refractivity contribution is 6.16. The minimum atomic E-state index is -0.671. The van der Waals surface area contributed by atoms with Crippen molar-refractivity contribution in [3.63, 3.8) is 0 Å². The number of esters is 1. The number of rotatable bonds is 6. The molecule has 0 aromatic heterocycles. The largest absolute Gasteiger partial charge is 0.457 e. The van der Waals surface area contributed by atoms with Gasteiger partial charge in [0.1, 0.15) is 12.2 Å². The quantitative estimate of drug-likeness (QED) is 0.327. The van der Waals surface area contributed by atoms with Crippen molar-refractivity contribution in [2.45, 2.75) is 13.5 Å². The number of nitrogens with zero attached hydrogens (tertiary/aromatic N) is 1. The van der Waals surface area contributed by atoms with Crippen molar-refractivity contribution in [3.8, 4) is 5.75 Å². The van der Waals surface area contributed by atoms with Crippen LogP contribution < -0.4 is 9.64 Å². The van der Waals surface area contributed by atoms with Crippen molar-refractivity contribution in [2.75, 3.05) is 11.9 Å². The smallest absolute Gasteiger partial charge is 0.342 e. The monoisotopic (exact) mass is 375 g/mol. The van der Waals surface area contributed by atoms with Crippen molar-refractivity contribution in [1.29, 1.82) is 0 Å². The van der Waals surface area contributed by atoms with Gasteiger partial charge in [-0.05, 0) is 42.3 Å². The molecule has 0 saturated heterocycles. The summed E-state index contributed by atoms with van der Waals surface area (Å²) in [7, 11) is 1.85. The Hall–Kier alpha value is -3.60. The zero-order valence-corrected chi connectivity index (χ0v) is 15.8. The number of anilines is 1. The molecule has 28 heavy (non-hydrogen) atoms. The molecular formula is C23H21NO4. The molecule has 1 aliphatic rings. The van der Waals surface area contributed by atoms with Gasteiger partial charge in [0.15, 0.2) is 17.4 Å². The van der Waals surface area contributed by atoms with Crippen LogP contribution in [0.5, 0.6) is 5.75 Å². The number of hydrogen-bond donors (Lipinski definition) is 0. The average molecular weight is 375 g/mol. The minimum Gasteiger partial charge on any atom is -0.457 e. The van der Waals surface area contributed by atoms with E-state index >= 15 is 0 Å². The molecule has 0 aliphatic carbocycles. The predicted molar refractivity (Wildman–Crippen MR) is 109 cm³/mol. The molecule has 142 valence electrons. The highest BCUT2D eigenvalue weighted by Crippen LogP contribution is 2.37. The number of allylic oxidation sites excluding steroid dienone is 2. The van der Waals surface area contributed by atoms with Crippen LogP contribution >= 0.6 is 0 Å². The third kappa shape index (κ3) is 4.20. The van der Waals surface area contributed by atoms with Crippen molar-refractivity contribution in [1.82, 2.24) is 0 Å². The van der Waals surface area contributed by atoms with E-state index in [1.807, 2.05) is 60.5 Å². The normalized spacial score (nSPS) is 14.4. The number of ether oxygens (including phenoxy) is 2. The molecule has 5 heteroatoms. The highest BCUT2D eigenvalue weighted by atomic mass is 16.5. The summed E-state index contributed by atoms with van der Waals surface area (Å²) in [6, 6.07) is 15.0. The lowest BCUT2D eigenvalue weighted by Crippen LogP contribution is -2.15. The van der Waals surface area contributed by atoms with Crippen LogP contribution in [0.2, 0.25) is 0 Å². The first-order valence-electron chi connectivity index (χ1n) is 8.81. The lowest BCUT2D eigenvalue weighted by Gasteiger charge is -2.10. The maximum absolute atomic E-state index is 12.4. The maximum atomic E-state index is 12.4. The van der Waals surface area contributed by atoms with Crippen LogP contribution in [-0.2, 0) is 20.9 Å². The molecule has 1 aliphatic heterocycles. The van der Waals surface area contributed by atoms with Crippen LogP contribution in [0.15, 0.2) is 78.7 Å². The average Bonchev–Trinajstić information content (AvgIpc) is 3.02. The summed E-state index contributed by atoms with van der Waals surface area (Å²) >= 11 is 0. The van der Waals surface area contributed by atoms with Crippen LogP contribution in [-0.4, -0.2) is 18.8 Å². The molecule has 2 aromatic carbocycles. The Morgan fingerprint density at radius 2 is 1.86 bits per heavy atom. The minimum absolute atomic E-state index is 0.0387. The molecule has 0 bridgehead atoms. The summed E-state index contributed by atoms with van der Waals surface area (Å²) in [5.41, 5.74) is 2.68. The van der Waals surface area contributed by atoms with E-state index in [1.54, 1.807) is 12.2 Å². The number of benzene rings is 2. The molecule has 0 spiro atoms. The molecule has 0 atom stereocenters. The third-order valence-electron chi connectivity index (χ3n) is 4.35. The Morgan fingerprint density at radius 1 is 1.14 bits per heavy atom. The van der Waals surface area contributed by atoms with Gasteiger partial charge in [-0.25, -0.2) is 4.79 Å². The Balaban J connectivity index is 1.71. The second-order valence-electron chi connectivity index (χ2n) is 6.29. The predicted octanol–water partition coefficient (Wildman–Crippen LogP) is 4.26. The topological polar surface area (TPSA) is 55.8 Å². The zero-order chi connectivity index (χ0) is 20.1. The van der Waals surface area contributed by atoms with E-state index < -0.39 is 5.97 Å². The summed E-state index contributed by atoms with van der Waals surface area (Å²) in [6.07, 6.45) is 4.76. The Kier molecular flexibility index (Phi) is 5.75. The van der Waals surface area contributed by atoms with Crippen molar-refractivity contribution in [3.05, 3.63) is 89.8 Å². The number of Topliss-reactive ketones (excluding diaryl/α,β-unsaturated/α-hetero) is 1. The fraction of sp³-hybridized carbons (Fsp3) is 0.130. The molecule has 5 nitrogen and oxygen atoms in total. The standard InChI is InChI=1S/C23H21NO4/c1-4-17-9-11-18(12-10-17)15-27-23(26)19(16(2)25)13-14-22-24(3)20-7-5-6-8-21(20)28-22/h4-14H,1,15H2,2-3H3/b19-13+,22-14-. The van der Waals surface area contributed by atoms with Crippen LogP contribution in [0.3, 0.4) is 0 Å². The van der Waals surface area contributed by atoms with Crippen molar-refractivity contribution in [2.24, 2.45) is 0 Å². The van der Waals surface area contributed by atoms with E-state index in [-0.39, 0.29) is 18.0 Å². The van der Waals surface area contributed by atoms with E-state index in [2.05, 4.69) is 6.58 Å². The number of hydrogen-bond acceptors (Lipinski definition) is 5. The fourth-order valence-corrected chi connectivity index (χ4v) is 2.73. The number of fused-ring (bicyclic) bond motifs is 1. The van der Waals surface area contributed by atoms with Crippen LogP contribution in [0.1, 0.15) is 18.1 Å². The van der Waals surface area contributed by atoms with Gasteiger partial charge in [0, 0.05) is 7.05 Å². The molecule has 0 amide bonds. The molecule has 0 radical (unpaired) electrons. The summed E-state index contributed by atoms with van der Waals surface area (Å²) in [6.45, 7) is 5.11. The summed E-state index contributed by atoms with van der Waals surface area (Å²) in [5, 5.41) is 0. The van der Waals surface area contributed by atoms with Gasteiger partial charge >= 0.3 is 5.97 Å². The summed E-state index contributed by atoms with van der Waals surface area (Å²) in [4.78, 5) is 26.1. The molecule has 1 heterocycles.